The average Bonchev–Trinajstić information content (AvgIpc) is 2.82. The molecule has 0 fully saturated rings. The molecule has 2 aromatic carbocycles. The van der Waals surface area contributed by atoms with Crippen LogP contribution in [0.3, 0.4) is 0 Å². The van der Waals surface area contributed by atoms with Crippen LogP contribution in [0.15, 0.2) is 71.9 Å². The molecule has 0 unspecified atom stereocenters. The third-order valence-corrected chi connectivity index (χ3v) is 4.46. The summed E-state index contributed by atoms with van der Waals surface area (Å²) < 4.78 is 16.9. The van der Waals surface area contributed by atoms with Gasteiger partial charge in [-0.15, -0.1) is 0 Å². The maximum atomic E-state index is 5.93. The van der Waals surface area contributed by atoms with Crippen LogP contribution >= 0.6 is 0 Å². The molecule has 31 heavy (non-hydrogen) atoms. The molecule has 0 saturated heterocycles. The van der Waals surface area contributed by atoms with Gasteiger partial charge < -0.3 is 24.8 Å². The Morgan fingerprint density at radius 2 is 1.84 bits per heavy atom. The monoisotopic (exact) mass is 420 g/mol. The van der Waals surface area contributed by atoms with E-state index in [0.29, 0.717) is 43.1 Å². The summed E-state index contributed by atoms with van der Waals surface area (Å²) in [5.74, 6) is 2.57. The van der Waals surface area contributed by atoms with Gasteiger partial charge in [-0.05, 0) is 30.7 Å². The van der Waals surface area contributed by atoms with E-state index < -0.39 is 0 Å². The minimum absolute atomic E-state index is 0.462. The molecule has 0 radical (unpaired) electrons. The average molecular weight is 421 g/mol. The Morgan fingerprint density at radius 1 is 1.00 bits per heavy atom. The normalized spacial score (nSPS) is 11.0. The summed E-state index contributed by atoms with van der Waals surface area (Å²) in [4.78, 5) is 8.68. The molecule has 0 atom stereocenters. The minimum atomic E-state index is 0.462. The predicted molar refractivity (Wildman–Crippen MR) is 123 cm³/mol. The van der Waals surface area contributed by atoms with Crippen molar-refractivity contribution in [1.29, 1.82) is 0 Å². The number of ether oxygens (including phenoxy) is 3. The number of anilines is 1. The third kappa shape index (κ3) is 6.37. The van der Waals surface area contributed by atoms with E-state index in [1.807, 2.05) is 67.6 Å². The SMILES string of the molecule is CCOc1ccc(NC(=NC)NCc2cccnc2OCc2ccccc2)cc1OC. The number of benzene rings is 2. The number of nitrogens with zero attached hydrogens (tertiary/aromatic N) is 2. The summed E-state index contributed by atoms with van der Waals surface area (Å²) in [6, 6.07) is 19.5. The van der Waals surface area contributed by atoms with Gasteiger partial charge in [-0.1, -0.05) is 36.4 Å². The van der Waals surface area contributed by atoms with Gasteiger partial charge in [0.1, 0.15) is 6.61 Å². The predicted octanol–water partition coefficient (Wildman–Crippen LogP) is 4.26. The molecule has 7 heteroatoms. The number of pyridine rings is 1. The van der Waals surface area contributed by atoms with Crippen LogP contribution in [0.1, 0.15) is 18.1 Å². The molecule has 0 aliphatic heterocycles. The highest BCUT2D eigenvalue weighted by Crippen LogP contribution is 2.30. The van der Waals surface area contributed by atoms with E-state index in [4.69, 9.17) is 14.2 Å². The summed E-state index contributed by atoms with van der Waals surface area (Å²) in [5, 5.41) is 6.56. The standard InChI is InChI=1S/C24H28N4O3/c1-4-30-21-13-12-20(15-22(21)29-3)28-24(25-2)27-16-19-11-8-14-26-23(19)31-17-18-9-6-5-7-10-18/h5-15H,4,16-17H2,1-3H3,(H2,25,27,28). The largest absolute Gasteiger partial charge is 0.493 e. The maximum absolute atomic E-state index is 5.93. The Balaban J connectivity index is 1.62. The highest BCUT2D eigenvalue weighted by molar-refractivity contribution is 5.93. The number of methoxy groups -OCH3 is 1. The fourth-order valence-electron chi connectivity index (χ4n) is 2.93. The van der Waals surface area contributed by atoms with Crippen molar-refractivity contribution in [3.05, 3.63) is 78.0 Å². The zero-order chi connectivity index (χ0) is 21.9. The lowest BCUT2D eigenvalue weighted by Crippen LogP contribution is -2.30. The topological polar surface area (TPSA) is 77.0 Å². The molecule has 3 aromatic rings. The van der Waals surface area contributed by atoms with Gasteiger partial charge in [0.2, 0.25) is 5.88 Å². The van der Waals surface area contributed by atoms with E-state index in [9.17, 15) is 0 Å². The number of nitrogens with one attached hydrogen (secondary N) is 2. The van der Waals surface area contributed by atoms with Gasteiger partial charge in [0.25, 0.3) is 0 Å². The van der Waals surface area contributed by atoms with E-state index >= 15 is 0 Å². The van der Waals surface area contributed by atoms with Gasteiger partial charge in [-0.3, -0.25) is 4.99 Å². The molecule has 0 spiro atoms. The number of rotatable bonds is 9. The van der Waals surface area contributed by atoms with Crippen molar-refractivity contribution in [2.45, 2.75) is 20.1 Å². The van der Waals surface area contributed by atoms with Gasteiger partial charge in [0, 0.05) is 37.1 Å². The van der Waals surface area contributed by atoms with Crippen molar-refractivity contribution in [2.24, 2.45) is 4.99 Å². The number of hydrogen-bond acceptors (Lipinski definition) is 5. The maximum Gasteiger partial charge on any atom is 0.218 e. The summed E-state index contributed by atoms with van der Waals surface area (Å²) >= 11 is 0. The second-order valence-corrected chi connectivity index (χ2v) is 6.59. The van der Waals surface area contributed by atoms with Crippen LogP contribution in [-0.2, 0) is 13.2 Å². The van der Waals surface area contributed by atoms with Gasteiger partial charge in [0.05, 0.1) is 13.7 Å². The Bertz CT molecular complexity index is 993. The summed E-state index contributed by atoms with van der Waals surface area (Å²) in [7, 11) is 3.34. The quantitative estimate of drug-likeness (QED) is 0.398. The zero-order valence-corrected chi connectivity index (χ0v) is 18.1. The first kappa shape index (κ1) is 22.0. The van der Waals surface area contributed by atoms with Gasteiger partial charge in [0.15, 0.2) is 17.5 Å². The molecule has 7 nitrogen and oxygen atoms in total. The van der Waals surface area contributed by atoms with Crippen LogP contribution < -0.4 is 24.8 Å². The number of aliphatic imine (C=N–C) groups is 1. The molecule has 1 heterocycles. The van der Waals surface area contributed by atoms with Crippen LogP contribution in [0.25, 0.3) is 0 Å². The van der Waals surface area contributed by atoms with Crippen LogP contribution in [0.4, 0.5) is 5.69 Å². The second kappa shape index (κ2) is 11.4. The Kier molecular flexibility index (Phi) is 8.11. The van der Waals surface area contributed by atoms with Crippen molar-refractivity contribution >= 4 is 11.6 Å². The van der Waals surface area contributed by atoms with Crippen LogP contribution in [0, 0.1) is 0 Å². The van der Waals surface area contributed by atoms with Crippen molar-refractivity contribution in [2.75, 3.05) is 26.1 Å². The van der Waals surface area contributed by atoms with Crippen molar-refractivity contribution in [3.8, 4) is 17.4 Å². The first-order chi connectivity index (χ1) is 15.2. The Morgan fingerprint density at radius 3 is 2.58 bits per heavy atom. The third-order valence-electron chi connectivity index (χ3n) is 4.46. The first-order valence-corrected chi connectivity index (χ1v) is 10.1. The minimum Gasteiger partial charge on any atom is -0.493 e. The zero-order valence-electron chi connectivity index (χ0n) is 18.1. The highest BCUT2D eigenvalue weighted by atomic mass is 16.5. The molecule has 1 aromatic heterocycles. The fourth-order valence-corrected chi connectivity index (χ4v) is 2.93. The number of hydrogen-bond donors (Lipinski definition) is 2. The highest BCUT2D eigenvalue weighted by Gasteiger charge is 2.09. The van der Waals surface area contributed by atoms with Gasteiger partial charge in [-0.2, -0.15) is 0 Å². The Labute approximate surface area is 183 Å². The molecular formula is C24H28N4O3. The Hall–Kier alpha value is -3.74. The molecule has 2 N–H and O–H groups in total. The van der Waals surface area contributed by atoms with E-state index in [-0.39, 0.29) is 0 Å². The van der Waals surface area contributed by atoms with Gasteiger partial charge >= 0.3 is 0 Å². The van der Waals surface area contributed by atoms with Crippen molar-refractivity contribution in [3.63, 3.8) is 0 Å². The smallest absolute Gasteiger partial charge is 0.218 e. The molecule has 0 bridgehead atoms. The van der Waals surface area contributed by atoms with E-state index in [1.54, 1.807) is 20.4 Å². The molecule has 162 valence electrons. The van der Waals surface area contributed by atoms with E-state index in [0.717, 1.165) is 16.8 Å². The van der Waals surface area contributed by atoms with Crippen LogP contribution in [0.5, 0.6) is 17.4 Å². The molecule has 0 saturated carbocycles. The molecule has 0 aliphatic rings. The number of aromatic nitrogens is 1. The van der Waals surface area contributed by atoms with Gasteiger partial charge in [-0.25, -0.2) is 4.98 Å². The van der Waals surface area contributed by atoms with Crippen molar-refractivity contribution in [1.82, 2.24) is 10.3 Å². The van der Waals surface area contributed by atoms with E-state index in [2.05, 4.69) is 20.6 Å². The summed E-state index contributed by atoms with van der Waals surface area (Å²) in [6.07, 6.45) is 1.73. The fraction of sp³-hybridized carbons (Fsp3) is 0.250. The summed E-state index contributed by atoms with van der Waals surface area (Å²) in [5.41, 5.74) is 2.86. The lowest BCUT2D eigenvalue weighted by molar-refractivity contribution is 0.290. The molecular weight excluding hydrogens is 392 g/mol. The lowest BCUT2D eigenvalue weighted by Gasteiger charge is -2.15. The summed E-state index contributed by atoms with van der Waals surface area (Å²) in [6.45, 7) is 3.48. The van der Waals surface area contributed by atoms with E-state index in [1.165, 1.54) is 0 Å². The lowest BCUT2D eigenvalue weighted by atomic mass is 10.2. The first-order valence-electron chi connectivity index (χ1n) is 10.1. The van der Waals surface area contributed by atoms with Crippen LogP contribution in [-0.4, -0.2) is 31.7 Å². The molecule has 0 amide bonds. The second-order valence-electron chi connectivity index (χ2n) is 6.59. The number of guanidine groups is 1. The molecule has 3 rings (SSSR count). The molecule has 0 aliphatic carbocycles. The van der Waals surface area contributed by atoms with Crippen molar-refractivity contribution < 1.29 is 14.2 Å². The van der Waals surface area contributed by atoms with Crippen LogP contribution in [0.2, 0.25) is 0 Å².